The van der Waals surface area contributed by atoms with Crippen molar-refractivity contribution < 1.29 is 17.9 Å². The molecule has 100 valence electrons. The molecule has 0 spiro atoms. The van der Waals surface area contributed by atoms with Crippen LogP contribution in [0.3, 0.4) is 0 Å². The number of esters is 1. The molecule has 0 fully saturated rings. The van der Waals surface area contributed by atoms with Crippen LogP contribution >= 0.6 is 0 Å². The maximum atomic E-state index is 11.6. The highest BCUT2D eigenvalue weighted by molar-refractivity contribution is 7.89. The summed E-state index contributed by atoms with van der Waals surface area (Å²) in [4.78, 5) is 11.7. The van der Waals surface area contributed by atoms with Crippen LogP contribution in [0.1, 0.15) is 30.1 Å². The van der Waals surface area contributed by atoms with E-state index >= 15 is 0 Å². The lowest BCUT2D eigenvalue weighted by molar-refractivity contribution is 0.0499. The monoisotopic (exact) mass is 271 g/mol. The topological polar surface area (TPSA) is 72.5 Å². The van der Waals surface area contributed by atoms with Gasteiger partial charge in [0.2, 0.25) is 10.0 Å². The molecule has 6 heteroatoms. The highest BCUT2D eigenvalue weighted by Crippen LogP contribution is 2.12. The molecule has 1 aromatic carbocycles. The van der Waals surface area contributed by atoms with Gasteiger partial charge >= 0.3 is 5.97 Å². The number of carbonyl (C=O) groups is 1. The largest absolute Gasteiger partial charge is 0.462 e. The number of carbonyl (C=O) groups excluding carboxylic acids is 1. The molecular formula is C12H17NO4S. The summed E-state index contributed by atoms with van der Waals surface area (Å²) >= 11 is 0. The molecule has 0 bridgehead atoms. The van der Waals surface area contributed by atoms with Crippen LogP contribution in [0.15, 0.2) is 29.2 Å². The molecule has 0 aromatic heterocycles. The summed E-state index contributed by atoms with van der Waals surface area (Å²) in [6.07, 6.45) is 1.72. The molecule has 18 heavy (non-hydrogen) atoms. The van der Waals surface area contributed by atoms with Crippen LogP contribution in [0.2, 0.25) is 0 Å². The van der Waals surface area contributed by atoms with E-state index in [0.717, 1.165) is 12.8 Å². The van der Waals surface area contributed by atoms with Gasteiger partial charge in [0.05, 0.1) is 17.1 Å². The molecule has 0 radical (unpaired) electrons. The number of nitrogens with one attached hydrogen (secondary N) is 1. The number of benzene rings is 1. The van der Waals surface area contributed by atoms with Crippen molar-refractivity contribution in [2.45, 2.75) is 24.7 Å². The molecular weight excluding hydrogens is 254 g/mol. The molecule has 0 atom stereocenters. The Morgan fingerprint density at radius 2 is 2.11 bits per heavy atom. The fourth-order valence-electron chi connectivity index (χ4n) is 1.30. The van der Waals surface area contributed by atoms with Gasteiger partial charge in [-0.15, -0.1) is 0 Å². The molecule has 1 aromatic rings. The second kappa shape index (κ2) is 6.51. The number of hydrogen-bond donors (Lipinski definition) is 1. The first-order chi connectivity index (χ1) is 8.51. The molecule has 0 aliphatic heterocycles. The van der Waals surface area contributed by atoms with Crippen molar-refractivity contribution in [2.24, 2.45) is 0 Å². The van der Waals surface area contributed by atoms with E-state index in [1.54, 1.807) is 0 Å². The molecule has 0 amide bonds. The van der Waals surface area contributed by atoms with Crippen LogP contribution in [0, 0.1) is 0 Å². The summed E-state index contributed by atoms with van der Waals surface area (Å²) in [5.41, 5.74) is 0.238. The van der Waals surface area contributed by atoms with Crippen LogP contribution in [-0.2, 0) is 14.8 Å². The molecule has 0 saturated carbocycles. The fourth-order valence-corrected chi connectivity index (χ4v) is 2.08. The van der Waals surface area contributed by atoms with Gasteiger partial charge in [0, 0.05) is 0 Å². The maximum Gasteiger partial charge on any atom is 0.338 e. The summed E-state index contributed by atoms with van der Waals surface area (Å²) in [6.45, 7) is 2.34. The highest BCUT2D eigenvalue weighted by atomic mass is 32.2. The lowest BCUT2D eigenvalue weighted by atomic mass is 10.2. The molecule has 0 heterocycles. The number of sulfonamides is 1. The molecule has 0 aliphatic rings. The third-order valence-electron chi connectivity index (χ3n) is 2.38. The second-order valence-corrected chi connectivity index (χ2v) is 5.61. The van der Waals surface area contributed by atoms with Crippen molar-refractivity contribution in [3.05, 3.63) is 29.8 Å². The standard InChI is InChI=1S/C12H17NO4S/c1-3-4-8-17-12(14)10-6-5-7-11(9-10)18(15,16)13-2/h5-7,9,13H,3-4,8H2,1-2H3. The van der Waals surface area contributed by atoms with E-state index < -0.39 is 16.0 Å². The number of ether oxygens (including phenoxy) is 1. The summed E-state index contributed by atoms with van der Waals surface area (Å²) in [5.74, 6) is -0.503. The van der Waals surface area contributed by atoms with E-state index in [-0.39, 0.29) is 10.5 Å². The molecule has 0 aliphatic carbocycles. The minimum absolute atomic E-state index is 0.0509. The number of rotatable bonds is 6. The Bertz CT molecular complexity index is 511. The van der Waals surface area contributed by atoms with Crippen molar-refractivity contribution in [1.82, 2.24) is 4.72 Å². The van der Waals surface area contributed by atoms with Gasteiger partial charge in [0.15, 0.2) is 0 Å². The Balaban J connectivity index is 2.86. The normalized spacial score (nSPS) is 11.2. The quantitative estimate of drug-likeness (QED) is 0.629. The van der Waals surface area contributed by atoms with Gasteiger partial charge in [-0.1, -0.05) is 19.4 Å². The molecule has 0 saturated heterocycles. The second-order valence-electron chi connectivity index (χ2n) is 3.72. The minimum Gasteiger partial charge on any atom is -0.462 e. The Morgan fingerprint density at radius 1 is 1.39 bits per heavy atom. The fraction of sp³-hybridized carbons (Fsp3) is 0.417. The summed E-state index contributed by atoms with van der Waals surface area (Å²) in [7, 11) is -2.22. The van der Waals surface area contributed by atoms with Crippen molar-refractivity contribution in [1.29, 1.82) is 0 Å². The molecule has 5 nitrogen and oxygen atoms in total. The van der Waals surface area contributed by atoms with Gasteiger partial charge in [0.25, 0.3) is 0 Å². The van der Waals surface area contributed by atoms with Crippen molar-refractivity contribution in [3.63, 3.8) is 0 Å². The summed E-state index contributed by atoms with van der Waals surface area (Å²) in [6, 6.07) is 5.78. The van der Waals surface area contributed by atoms with E-state index in [2.05, 4.69) is 4.72 Å². The van der Waals surface area contributed by atoms with Gasteiger partial charge in [-0.2, -0.15) is 0 Å². The molecule has 0 unspecified atom stereocenters. The predicted molar refractivity (Wildman–Crippen MR) is 67.9 cm³/mol. The lowest BCUT2D eigenvalue weighted by Crippen LogP contribution is -2.19. The highest BCUT2D eigenvalue weighted by Gasteiger charge is 2.14. The van der Waals surface area contributed by atoms with Gasteiger partial charge in [0.1, 0.15) is 0 Å². The van der Waals surface area contributed by atoms with Crippen LogP contribution in [0.25, 0.3) is 0 Å². The maximum absolute atomic E-state index is 11.6. The van der Waals surface area contributed by atoms with Crippen LogP contribution in [-0.4, -0.2) is 28.0 Å². The zero-order chi connectivity index (χ0) is 13.6. The summed E-state index contributed by atoms with van der Waals surface area (Å²) < 4.78 is 30.4. The van der Waals surface area contributed by atoms with Crippen molar-refractivity contribution in [3.8, 4) is 0 Å². The SMILES string of the molecule is CCCCOC(=O)c1cccc(S(=O)(=O)NC)c1. The average molecular weight is 271 g/mol. The molecule has 1 rings (SSSR count). The Morgan fingerprint density at radius 3 is 2.72 bits per heavy atom. The van der Waals surface area contributed by atoms with Gasteiger partial charge in [-0.3, -0.25) is 0 Å². The number of hydrogen-bond acceptors (Lipinski definition) is 4. The zero-order valence-corrected chi connectivity index (χ0v) is 11.3. The van der Waals surface area contributed by atoms with Gasteiger partial charge in [-0.25, -0.2) is 17.9 Å². The van der Waals surface area contributed by atoms with Crippen LogP contribution < -0.4 is 4.72 Å². The zero-order valence-electron chi connectivity index (χ0n) is 10.5. The Labute approximate surface area is 107 Å². The van der Waals surface area contributed by atoms with E-state index in [1.165, 1.54) is 31.3 Å². The Hall–Kier alpha value is -1.40. The molecule has 1 N–H and O–H groups in total. The van der Waals surface area contributed by atoms with Gasteiger partial charge < -0.3 is 4.74 Å². The first-order valence-corrected chi connectivity index (χ1v) is 7.20. The van der Waals surface area contributed by atoms with Crippen molar-refractivity contribution in [2.75, 3.05) is 13.7 Å². The Kier molecular flexibility index (Phi) is 5.30. The van der Waals surface area contributed by atoms with Crippen LogP contribution in [0.5, 0.6) is 0 Å². The lowest BCUT2D eigenvalue weighted by Gasteiger charge is -2.06. The van der Waals surface area contributed by atoms with E-state index in [4.69, 9.17) is 4.74 Å². The number of unbranched alkanes of at least 4 members (excludes halogenated alkanes) is 1. The predicted octanol–water partition coefficient (Wildman–Crippen LogP) is 1.55. The smallest absolute Gasteiger partial charge is 0.338 e. The van der Waals surface area contributed by atoms with Gasteiger partial charge in [-0.05, 0) is 31.7 Å². The first-order valence-electron chi connectivity index (χ1n) is 5.72. The van der Waals surface area contributed by atoms with E-state index in [9.17, 15) is 13.2 Å². The minimum atomic E-state index is -3.54. The van der Waals surface area contributed by atoms with E-state index in [0.29, 0.717) is 6.61 Å². The van der Waals surface area contributed by atoms with Crippen LogP contribution in [0.4, 0.5) is 0 Å². The first kappa shape index (κ1) is 14.7. The summed E-state index contributed by atoms with van der Waals surface area (Å²) in [5, 5.41) is 0. The van der Waals surface area contributed by atoms with Crippen molar-refractivity contribution >= 4 is 16.0 Å². The van der Waals surface area contributed by atoms with E-state index in [1.807, 2.05) is 6.92 Å². The third-order valence-corrected chi connectivity index (χ3v) is 3.79. The third kappa shape index (κ3) is 3.82. The average Bonchev–Trinajstić information content (AvgIpc) is 2.39.